The largest absolute Gasteiger partial charge is 0.369 e. The highest BCUT2D eigenvalue weighted by Crippen LogP contribution is 2.27. The van der Waals surface area contributed by atoms with E-state index in [2.05, 4.69) is 55.4 Å². The number of hydrogen-bond donors (Lipinski definition) is 1. The highest BCUT2D eigenvalue weighted by Gasteiger charge is 2.15. The number of fused-ring (bicyclic) bond motifs is 1. The molecule has 2 rings (SSSR count). The van der Waals surface area contributed by atoms with Crippen molar-refractivity contribution >= 4 is 17.0 Å². The van der Waals surface area contributed by atoms with Crippen LogP contribution in [0.2, 0.25) is 0 Å². The molecular weight excluding hydrogens is 222 g/mol. The Morgan fingerprint density at radius 3 is 2.61 bits per heavy atom. The number of anilines is 1. The van der Waals surface area contributed by atoms with Gasteiger partial charge in [-0.2, -0.15) is 0 Å². The number of para-hydroxylation sites is 1. The summed E-state index contributed by atoms with van der Waals surface area (Å²) in [6, 6.07) is 6.67. The first-order valence-electron chi connectivity index (χ1n) is 6.73. The summed E-state index contributed by atoms with van der Waals surface area (Å²) in [6.45, 7) is 8.82. The van der Waals surface area contributed by atoms with Gasteiger partial charge in [-0.15, -0.1) is 0 Å². The van der Waals surface area contributed by atoms with Gasteiger partial charge in [0.2, 0.25) is 5.95 Å². The van der Waals surface area contributed by atoms with E-state index in [0.29, 0.717) is 12.0 Å². The fourth-order valence-corrected chi connectivity index (χ4v) is 2.44. The van der Waals surface area contributed by atoms with Crippen LogP contribution in [0.3, 0.4) is 0 Å². The third-order valence-corrected chi connectivity index (χ3v) is 3.55. The van der Waals surface area contributed by atoms with Crippen molar-refractivity contribution in [3.63, 3.8) is 0 Å². The zero-order chi connectivity index (χ0) is 13.3. The minimum Gasteiger partial charge on any atom is -0.369 e. The molecule has 2 aromatic rings. The van der Waals surface area contributed by atoms with Crippen LogP contribution in [-0.2, 0) is 0 Å². The van der Waals surface area contributed by atoms with Crippen molar-refractivity contribution in [3.8, 4) is 0 Å². The predicted octanol–water partition coefficient (Wildman–Crippen LogP) is 3.92. The van der Waals surface area contributed by atoms with E-state index in [1.807, 2.05) is 0 Å². The first-order chi connectivity index (χ1) is 8.50. The van der Waals surface area contributed by atoms with Crippen LogP contribution in [0.5, 0.6) is 0 Å². The van der Waals surface area contributed by atoms with Crippen LogP contribution in [0.1, 0.15) is 45.2 Å². The summed E-state index contributed by atoms with van der Waals surface area (Å²) in [4.78, 5) is 4.50. The van der Waals surface area contributed by atoms with E-state index >= 15 is 0 Å². The van der Waals surface area contributed by atoms with Crippen molar-refractivity contribution in [1.29, 1.82) is 0 Å². The Labute approximate surface area is 109 Å². The second-order valence-electron chi connectivity index (χ2n) is 5.60. The Hall–Kier alpha value is -1.51. The lowest BCUT2D eigenvalue weighted by molar-refractivity contribution is 0.450. The molecular formula is C15H23N3. The minimum atomic E-state index is 0.402. The Morgan fingerprint density at radius 1 is 1.22 bits per heavy atom. The molecule has 0 aliphatic rings. The highest BCUT2D eigenvalue weighted by molar-refractivity contribution is 5.81. The third kappa shape index (κ3) is 2.35. The lowest BCUT2D eigenvalue weighted by Crippen LogP contribution is -2.09. The molecule has 18 heavy (non-hydrogen) atoms. The lowest BCUT2D eigenvalue weighted by atomic mass is 10.0. The van der Waals surface area contributed by atoms with Gasteiger partial charge in [0.15, 0.2) is 0 Å². The van der Waals surface area contributed by atoms with E-state index < -0.39 is 0 Å². The molecule has 0 saturated carbocycles. The molecule has 0 aliphatic carbocycles. The predicted molar refractivity (Wildman–Crippen MR) is 77.7 cm³/mol. The fourth-order valence-electron chi connectivity index (χ4n) is 2.44. The molecule has 3 nitrogen and oxygen atoms in total. The summed E-state index contributed by atoms with van der Waals surface area (Å²) in [5.74, 6) is 1.36. The highest BCUT2D eigenvalue weighted by atomic mass is 15.2. The lowest BCUT2D eigenvalue weighted by Gasteiger charge is -2.17. The molecule has 1 atom stereocenters. The number of imidazole rings is 1. The summed E-state index contributed by atoms with van der Waals surface area (Å²) in [5, 5.41) is 0. The maximum Gasteiger partial charge on any atom is 0.201 e. The summed E-state index contributed by atoms with van der Waals surface area (Å²) in [6.07, 6.45) is 2.35. The maximum atomic E-state index is 6.08. The van der Waals surface area contributed by atoms with E-state index in [4.69, 9.17) is 5.73 Å². The van der Waals surface area contributed by atoms with Gasteiger partial charge in [0.1, 0.15) is 0 Å². The smallest absolute Gasteiger partial charge is 0.201 e. The van der Waals surface area contributed by atoms with Gasteiger partial charge in [-0.25, -0.2) is 4.98 Å². The number of rotatable bonds is 4. The number of hydrogen-bond acceptors (Lipinski definition) is 2. The van der Waals surface area contributed by atoms with Crippen LogP contribution in [0.25, 0.3) is 11.0 Å². The van der Waals surface area contributed by atoms with Gasteiger partial charge in [0.25, 0.3) is 0 Å². The third-order valence-electron chi connectivity index (χ3n) is 3.55. The first kappa shape index (κ1) is 12.9. The van der Waals surface area contributed by atoms with Crippen molar-refractivity contribution in [3.05, 3.63) is 23.8 Å². The average molecular weight is 245 g/mol. The number of nitrogen functional groups attached to an aromatic ring is 1. The quantitative estimate of drug-likeness (QED) is 0.887. The van der Waals surface area contributed by atoms with Crippen molar-refractivity contribution in [1.82, 2.24) is 9.55 Å². The molecule has 1 aromatic carbocycles. The Balaban J connectivity index is 2.38. The second-order valence-corrected chi connectivity index (χ2v) is 5.60. The summed E-state index contributed by atoms with van der Waals surface area (Å²) >= 11 is 0. The molecule has 0 fully saturated rings. The van der Waals surface area contributed by atoms with Gasteiger partial charge < -0.3 is 10.3 Å². The second kappa shape index (κ2) is 5.01. The molecule has 1 aromatic heterocycles. The molecule has 3 heteroatoms. The molecule has 1 unspecified atom stereocenters. The molecule has 0 amide bonds. The average Bonchev–Trinajstić information content (AvgIpc) is 2.64. The molecule has 98 valence electrons. The van der Waals surface area contributed by atoms with E-state index in [-0.39, 0.29) is 0 Å². The molecule has 1 heterocycles. The summed E-state index contributed by atoms with van der Waals surface area (Å²) in [5.41, 5.74) is 9.46. The van der Waals surface area contributed by atoms with Gasteiger partial charge in [-0.05, 0) is 44.2 Å². The van der Waals surface area contributed by atoms with Crippen LogP contribution < -0.4 is 5.73 Å². The van der Waals surface area contributed by atoms with Crippen molar-refractivity contribution < 1.29 is 0 Å². The zero-order valence-electron chi connectivity index (χ0n) is 11.8. The van der Waals surface area contributed by atoms with Gasteiger partial charge >= 0.3 is 0 Å². The van der Waals surface area contributed by atoms with Crippen LogP contribution in [-0.4, -0.2) is 9.55 Å². The molecule has 0 spiro atoms. The van der Waals surface area contributed by atoms with Crippen LogP contribution in [0.15, 0.2) is 18.2 Å². The van der Waals surface area contributed by atoms with Gasteiger partial charge in [-0.1, -0.05) is 26.0 Å². The molecule has 0 bridgehead atoms. The van der Waals surface area contributed by atoms with Crippen LogP contribution in [0, 0.1) is 12.8 Å². The molecule has 0 aliphatic heterocycles. The van der Waals surface area contributed by atoms with Crippen molar-refractivity contribution in [2.24, 2.45) is 5.92 Å². The Morgan fingerprint density at radius 2 is 1.94 bits per heavy atom. The number of nitrogens with zero attached hydrogens (tertiary/aromatic N) is 2. The Bertz CT molecular complexity index is 540. The molecule has 2 N–H and O–H groups in total. The standard InChI is InChI=1S/C15H23N3/c1-10(2)8-9-12(4)18-13-7-5-6-11(3)14(13)17-15(18)16/h5-7,10,12H,8-9H2,1-4H3,(H2,16,17). The van der Waals surface area contributed by atoms with Crippen molar-refractivity contribution in [2.45, 2.75) is 46.6 Å². The zero-order valence-corrected chi connectivity index (χ0v) is 11.8. The van der Waals surface area contributed by atoms with E-state index in [1.165, 1.54) is 12.0 Å². The summed E-state index contributed by atoms with van der Waals surface area (Å²) < 4.78 is 2.17. The van der Waals surface area contributed by atoms with Crippen LogP contribution in [0.4, 0.5) is 5.95 Å². The monoisotopic (exact) mass is 245 g/mol. The molecule has 0 saturated heterocycles. The normalized spacial score (nSPS) is 13.4. The topological polar surface area (TPSA) is 43.8 Å². The minimum absolute atomic E-state index is 0.402. The van der Waals surface area contributed by atoms with Gasteiger partial charge in [-0.3, -0.25) is 0 Å². The first-order valence-corrected chi connectivity index (χ1v) is 6.73. The summed E-state index contributed by atoms with van der Waals surface area (Å²) in [7, 11) is 0. The SMILES string of the molecule is Cc1cccc2c1nc(N)n2C(C)CCC(C)C. The van der Waals surface area contributed by atoms with E-state index in [1.54, 1.807) is 0 Å². The van der Waals surface area contributed by atoms with Gasteiger partial charge in [0, 0.05) is 6.04 Å². The van der Waals surface area contributed by atoms with E-state index in [9.17, 15) is 0 Å². The molecule has 0 radical (unpaired) electrons. The number of aromatic nitrogens is 2. The number of aryl methyl sites for hydroxylation is 1. The Kier molecular flexibility index (Phi) is 3.60. The van der Waals surface area contributed by atoms with Gasteiger partial charge in [0.05, 0.1) is 11.0 Å². The van der Waals surface area contributed by atoms with Crippen molar-refractivity contribution in [2.75, 3.05) is 5.73 Å². The van der Waals surface area contributed by atoms with E-state index in [0.717, 1.165) is 23.4 Å². The number of nitrogens with two attached hydrogens (primary N) is 1. The maximum absolute atomic E-state index is 6.08. The number of benzene rings is 1. The fraction of sp³-hybridized carbons (Fsp3) is 0.533. The van der Waals surface area contributed by atoms with Crippen LogP contribution >= 0.6 is 0 Å².